The number of likely N-dealkylation sites (tertiary alicyclic amines) is 1. The maximum atomic E-state index is 12.0. The minimum absolute atomic E-state index is 0.172. The highest BCUT2D eigenvalue weighted by molar-refractivity contribution is 5.67. The van der Waals surface area contributed by atoms with Crippen LogP contribution in [-0.2, 0) is 11.3 Å². The van der Waals surface area contributed by atoms with Crippen LogP contribution in [0.3, 0.4) is 0 Å². The van der Waals surface area contributed by atoms with Crippen molar-refractivity contribution in [3.63, 3.8) is 0 Å². The van der Waals surface area contributed by atoms with Crippen molar-refractivity contribution in [1.29, 1.82) is 0 Å². The summed E-state index contributed by atoms with van der Waals surface area (Å²) >= 11 is 0. The molecule has 7 nitrogen and oxygen atoms in total. The molecule has 1 amide bonds. The molecule has 2 aliphatic rings. The second-order valence-corrected chi connectivity index (χ2v) is 6.93. The van der Waals surface area contributed by atoms with Gasteiger partial charge >= 0.3 is 6.09 Å². The normalized spacial score (nSPS) is 22.2. The maximum absolute atomic E-state index is 12.0. The van der Waals surface area contributed by atoms with Crippen molar-refractivity contribution in [3.05, 3.63) is 12.2 Å². The zero-order valence-electron chi connectivity index (χ0n) is 14.1. The Balaban J connectivity index is 1.46. The Morgan fingerprint density at radius 1 is 1.35 bits per heavy atom. The second-order valence-electron chi connectivity index (χ2n) is 6.93. The molecule has 0 aliphatic carbocycles. The van der Waals surface area contributed by atoms with Gasteiger partial charge in [-0.1, -0.05) is 13.8 Å². The van der Waals surface area contributed by atoms with Crippen LogP contribution < -0.4 is 5.32 Å². The molecule has 3 rings (SSSR count). The fraction of sp³-hybridized carbons (Fsp3) is 0.812. The zero-order valence-corrected chi connectivity index (χ0v) is 14.1. The average molecular weight is 321 g/mol. The summed E-state index contributed by atoms with van der Waals surface area (Å²) in [6.45, 7) is 7.07. The van der Waals surface area contributed by atoms with Crippen molar-refractivity contribution in [2.75, 3.05) is 19.7 Å². The minimum Gasteiger partial charge on any atom is -0.449 e. The molecule has 0 spiro atoms. The first-order valence-corrected chi connectivity index (χ1v) is 8.69. The Hall–Kier alpha value is -1.63. The van der Waals surface area contributed by atoms with Crippen molar-refractivity contribution in [3.8, 4) is 0 Å². The highest BCUT2D eigenvalue weighted by Gasteiger charge is 2.28. The molecule has 1 aromatic heterocycles. The zero-order chi connectivity index (χ0) is 16.2. The number of ether oxygens (including phenoxy) is 1. The van der Waals surface area contributed by atoms with Gasteiger partial charge in [-0.3, -0.25) is 0 Å². The van der Waals surface area contributed by atoms with Gasteiger partial charge in [-0.25, -0.2) is 14.5 Å². The number of amides is 1. The molecule has 1 fully saturated rings. The SMILES string of the molecule is CC(C)COC(=O)N1CCC(N[C@H]2CCCn3ncnc32)CC1. The number of carbonyl (C=O) groups is 1. The quantitative estimate of drug-likeness (QED) is 0.918. The van der Waals surface area contributed by atoms with Gasteiger partial charge in [0.2, 0.25) is 0 Å². The standard InChI is InChI=1S/C16H27N5O2/c1-12(2)10-23-16(22)20-8-5-13(6-9-20)19-14-4-3-7-21-15(14)17-11-18-21/h11-14,19H,3-10H2,1-2H3/t14-/m0/s1. The van der Waals surface area contributed by atoms with Gasteiger partial charge in [0.25, 0.3) is 0 Å². The van der Waals surface area contributed by atoms with Crippen LogP contribution in [0.4, 0.5) is 4.79 Å². The molecule has 1 N–H and O–H groups in total. The molecule has 1 atom stereocenters. The summed E-state index contributed by atoms with van der Waals surface area (Å²) in [5.74, 6) is 1.43. The van der Waals surface area contributed by atoms with Crippen molar-refractivity contribution < 1.29 is 9.53 Å². The van der Waals surface area contributed by atoms with E-state index in [1.165, 1.54) is 0 Å². The summed E-state index contributed by atoms with van der Waals surface area (Å²) in [6, 6.07) is 0.716. The summed E-state index contributed by atoms with van der Waals surface area (Å²) in [4.78, 5) is 18.2. The van der Waals surface area contributed by atoms with Crippen molar-refractivity contribution in [2.24, 2.45) is 5.92 Å². The van der Waals surface area contributed by atoms with Crippen LogP contribution in [0.2, 0.25) is 0 Å². The Morgan fingerprint density at radius 3 is 2.87 bits per heavy atom. The number of hydrogen-bond donors (Lipinski definition) is 1. The molecule has 3 heterocycles. The average Bonchev–Trinajstić information content (AvgIpc) is 3.03. The van der Waals surface area contributed by atoms with E-state index in [-0.39, 0.29) is 12.1 Å². The van der Waals surface area contributed by atoms with E-state index >= 15 is 0 Å². The molecule has 128 valence electrons. The lowest BCUT2D eigenvalue weighted by atomic mass is 10.0. The number of fused-ring (bicyclic) bond motifs is 1. The molecular weight excluding hydrogens is 294 g/mol. The molecule has 1 aromatic rings. The largest absolute Gasteiger partial charge is 0.449 e. The highest BCUT2D eigenvalue weighted by Crippen LogP contribution is 2.24. The molecule has 0 bridgehead atoms. The van der Waals surface area contributed by atoms with Gasteiger partial charge in [-0.15, -0.1) is 0 Å². The van der Waals surface area contributed by atoms with Crippen LogP contribution in [0.25, 0.3) is 0 Å². The second kappa shape index (κ2) is 7.29. The fourth-order valence-electron chi connectivity index (χ4n) is 3.29. The number of rotatable bonds is 4. The lowest BCUT2D eigenvalue weighted by Gasteiger charge is -2.34. The van der Waals surface area contributed by atoms with Crippen LogP contribution in [0.5, 0.6) is 0 Å². The molecule has 0 unspecified atom stereocenters. The Bertz CT molecular complexity index is 522. The van der Waals surface area contributed by atoms with Crippen molar-refractivity contribution in [2.45, 2.75) is 58.2 Å². The Kier molecular flexibility index (Phi) is 5.15. The third-order valence-electron chi connectivity index (χ3n) is 4.55. The third kappa shape index (κ3) is 4.02. The lowest BCUT2D eigenvalue weighted by molar-refractivity contribution is 0.0806. The van der Waals surface area contributed by atoms with Crippen LogP contribution in [-0.4, -0.2) is 51.5 Å². The molecule has 2 aliphatic heterocycles. The van der Waals surface area contributed by atoms with E-state index < -0.39 is 0 Å². The summed E-state index contributed by atoms with van der Waals surface area (Å²) in [5.41, 5.74) is 0. The molecule has 0 aromatic carbocycles. The number of nitrogens with zero attached hydrogens (tertiary/aromatic N) is 4. The Labute approximate surface area is 137 Å². The van der Waals surface area contributed by atoms with E-state index in [9.17, 15) is 4.79 Å². The number of carbonyl (C=O) groups excluding carboxylic acids is 1. The van der Waals surface area contributed by atoms with Gasteiger partial charge < -0.3 is 15.0 Å². The number of aryl methyl sites for hydroxylation is 1. The summed E-state index contributed by atoms with van der Waals surface area (Å²) in [6.07, 6.45) is 5.63. The first-order chi connectivity index (χ1) is 11.1. The molecular formula is C16H27N5O2. The van der Waals surface area contributed by atoms with E-state index in [4.69, 9.17) is 4.74 Å². The summed E-state index contributed by atoms with van der Waals surface area (Å²) in [7, 11) is 0. The van der Waals surface area contributed by atoms with E-state index in [2.05, 4.69) is 15.4 Å². The van der Waals surface area contributed by atoms with Crippen molar-refractivity contribution in [1.82, 2.24) is 25.0 Å². The Morgan fingerprint density at radius 2 is 2.13 bits per heavy atom. The number of hydrogen-bond acceptors (Lipinski definition) is 5. The van der Waals surface area contributed by atoms with Gasteiger partial charge in [0.15, 0.2) is 0 Å². The van der Waals surface area contributed by atoms with Crippen LogP contribution in [0.1, 0.15) is 51.4 Å². The first-order valence-electron chi connectivity index (χ1n) is 8.69. The van der Waals surface area contributed by atoms with E-state index in [1.807, 2.05) is 23.4 Å². The van der Waals surface area contributed by atoms with Crippen LogP contribution in [0.15, 0.2) is 6.33 Å². The van der Waals surface area contributed by atoms with Gasteiger partial charge in [-0.05, 0) is 31.6 Å². The van der Waals surface area contributed by atoms with E-state index in [1.54, 1.807) is 6.33 Å². The maximum Gasteiger partial charge on any atom is 0.409 e. The number of piperidine rings is 1. The van der Waals surface area contributed by atoms with Gasteiger partial charge in [-0.2, -0.15) is 5.10 Å². The predicted molar refractivity (Wildman–Crippen MR) is 85.9 cm³/mol. The van der Waals surface area contributed by atoms with E-state index in [0.717, 1.165) is 51.1 Å². The third-order valence-corrected chi connectivity index (χ3v) is 4.55. The topological polar surface area (TPSA) is 72.3 Å². The van der Waals surface area contributed by atoms with E-state index in [0.29, 0.717) is 18.6 Å². The molecule has 7 heteroatoms. The molecule has 0 radical (unpaired) electrons. The summed E-state index contributed by atoms with van der Waals surface area (Å²) in [5, 5.41) is 7.97. The number of aromatic nitrogens is 3. The smallest absolute Gasteiger partial charge is 0.409 e. The van der Waals surface area contributed by atoms with Crippen molar-refractivity contribution >= 4 is 6.09 Å². The summed E-state index contributed by atoms with van der Waals surface area (Å²) < 4.78 is 7.31. The molecule has 23 heavy (non-hydrogen) atoms. The van der Waals surface area contributed by atoms with Gasteiger partial charge in [0, 0.05) is 25.7 Å². The predicted octanol–water partition coefficient (Wildman–Crippen LogP) is 1.96. The van der Waals surface area contributed by atoms with Gasteiger partial charge in [0.1, 0.15) is 12.2 Å². The highest BCUT2D eigenvalue weighted by atomic mass is 16.6. The monoisotopic (exact) mass is 321 g/mol. The first kappa shape index (κ1) is 16.2. The fourth-order valence-corrected chi connectivity index (χ4v) is 3.29. The number of nitrogens with one attached hydrogen (secondary N) is 1. The van der Waals surface area contributed by atoms with Crippen LogP contribution in [0, 0.1) is 5.92 Å². The minimum atomic E-state index is -0.172. The lowest BCUT2D eigenvalue weighted by Crippen LogP contribution is -2.46. The molecule has 0 saturated carbocycles. The molecule has 1 saturated heterocycles. The van der Waals surface area contributed by atoms with Gasteiger partial charge in [0.05, 0.1) is 12.6 Å². The van der Waals surface area contributed by atoms with Crippen LogP contribution >= 0.6 is 0 Å².